The topological polar surface area (TPSA) is 78.4 Å². The molecule has 0 aliphatic carbocycles. The molecule has 2 rings (SSSR count). The fourth-order valence-electron chi connectivity index (χ4n) is 1.39. The Morgan fingerprint density at radius 3 is 2.39 bits per heavy atom. The van der Waals surface area contributed by atoms with Crippen molar-refractivity contribution >= 4 is 51.2 Å². The lowest BCUT2D eigenvalue weighted by atomic mass is 10.1. The van der Waals surface area contributed by atoms with Crippen molar-refractivity contribution in [3.63, 3.8) is 0 Å². The van der Waals surface area contributed by atoms with E-state index >= 15 is 0 Å². The van der Waals surface area contributed by atoms with E-state index in [4.69, 9.17) is 0 Å². The second-order valence-corrected chi connectivity index (χ2v) is 4.77. The van der Waals surface area contributed by atoms with Crippen LogP contribution in [0.4, 0.5) is 0 Å². The molecule has 18 heavy (non-hydrogen) atoms. The molecule has 0 bridgehead atoms. The molecule has 1 heterocycles. The zero-order valence-electron chi connectivity index (χ0n) is 8.86. The smallest absolute Gasteiger partial charge is 0.263 e. The molecule has 1 aromatic rings. The number of nitrogens with one attached hydrogen (secondary N) is 2. The van der Waals surface area contributed by atoms with E-state index in [1.807, 2.05) is 0 Å². The maximum atomic E-state index is 11.6. The van der Waals surface area contributed by atoms with Gasteiger partial charge < -0.3 is 5.11 Å². The van der Waals surface area contributed by atoms with Crippen LogP contribution in [0.2, 0.25) is 0 Å². The Kier molecular flexibility index (Phi) is 3.44. The SMILES string of the molecule is O=C1NC(=S)NC(=O)C1=Cc1ccc(O)c(Br)c1. The van der Waals surface area contributed by atoms with E-state index in [1.165, 1.54) is 12.1 Å². The largest absolute Gasteiger partial charge is 0.507 e. The minimum atomic E-state index is -0.548. The van der Waals surface area contributed by atoms with Crippen LogP contribution < -0.4 is 10.6 Å². The van der Waals surface area contributed by atoms with Gasteiger partial charge >= 0.3 is 0 Å². The summed E-state index contributed by atoms with van der Waals surface area (Å²) in [5.74, 6) is -1.02. The van der Waals surface area contributed by atoms with Crippen molar-refractivity contribution in [1.82, 2.24) is 10.6 Å². The summed E-state index contributed by atoms with van der Waals surface area (Å²) >= 11 is 7.83. The van der Waals surface area contributed by atoms with Gasteiger partial charge in [-0.1, -0.05) is 6.07 Å². The zero-order valence-corrected chi connectivity index (χ0v) is 11.3. The van der Waals surface area contributed by atoms with Gasteiger partial charge in [-0.25, -0.2) is 0 Å². The van der Waals surface area contributed by atoms with Crippen molar-refractivity contribution < 1.29 is 14.7 Å². The molecule has 0 saturated carbocycles. The van der Waals surface area contributed by atoms with E-state index < -0.39 is 11.8 Å². The van der Waals surface area contributed by atoms with Crippen LogP contribution in [0.1, 0.15) is 5.56 Å². The number of carbonyl (C=O) groups is 2. The number of rotatable bonds is 1. The van der Waals surface area contributed by atoms with E-state index in [0.717, 1.165) is 0 Å². The molecule has 1 aliphatic heterocycles. The van der Waals surface area contributed by atoms with Gasteiger partial charge in [0, 0.05) is 0 Å². The highest BCUT2D eigenvalue weighted by molar-refractivity contribution is 9.10. The van der Waals surface area contributed by atoms with E-state index in [-0.39, 0.29) is 16.4 Å². The average Bonchev–Trinajstić information content (AvgIpc) is 2.28. The summed E-state index contributed by atoms with van der Waals surface area (Å²) < 4.78 is 0.476. The molecule has 92 valence electrons. The molecule has 7 heteroatoms. The minimum Gasteiger partial charge on any atom is -0.507 e. The lowest BCUT2D eigenvalue weighted by Gasteiger charge is -2.16. The highest BCUT2D eigenvalue weighted by Crippen LogP contribution is 2.25. The molecule has 0 radical (unpaired) electrons. The van der Waals surface area contributed by atoms with Crippen molar-refractivity contribution in [2.24, 2.45) is 0 Å². The Morgan fingerprint density at radius 2 is 1.83 bits per heavy atom. The van der Waals surface area contributed by atoms with Gasteiger partial charge in [-0.3, -0.25) is 20.2 Å². The Hall–Kier alpha value is -1.73. The quantitative estimate of drug-likeness (QED) is 0.410. The Bertz CT molecular complexity index is 576. The number of carbonyl (C=O) groups excluding carboxylic acids is 2. The first-order valence-electron chi connectivity index (χ1n) is 4.84. The van der Waals surface area contributed by atoms with Gasteiger partial charge in [-0.15, -0.1) is 0 Å². The highest BCUT2D eigenvalue weighted by Gasteiger charge is 2.25. The molecule has 3 N–H and O–H groups in total. The van der Waals surface area contributed by atoms with Crippen molar-refractivity contribution in [2.45, 2.75) is 0 Å². The number of benzene rings is 1. The van der Waals surface area contributed by atoms with Crippen LogP contribution in [-0.2, 0) is 9.59 Å². The molecule has 1 aromatic carbocycles. The van der Waals surface area contributed by atoms with Gasteiger partial charge in [0.15, 0.2) is 5.11 Å². The maximum absolute atomic E-state index is 11.6. The number of thiocarbonyl (C=S) groups is 1. The van der Waals surface area contributed by atoms with Gasteiger partial charge in [0.2, 0.25) is 0 Å². The van der Waals surface area contributed by atoms with E-state index in [0.29, 0.717) is 10.0 Å². The first-order chi connectivity index (χ1) is 8.47. The number of phenolic OH excluding ortho intramolecular Hbond substituents is 1. The summed E-state index contributed by atoms with van der Waals surface area (Å²) in [6.07, 6.45) is 1.41. The number of hydrogen-bond acceptors (Lipinski definition) is 4. The standard InChI is InChI=1S/C11H7BrN2O3S/c12-7-4-5(1-2-8(7)15)3-6-9(16)13-11(18)14-10(6)17/h1-4,15H,(H2,13,14,16,17,18). The third kappa shape index (κ3) is 2.57. The molecular weight excluding hydrogens is 320 g/mol. The number of phenols is 1. The predicted molar refractivity (Wildman–Crippen MR) is 72.7 cm³/mol. The Morgan fingerprint density at radius 1 is 1.22 bits per heavy atom. The van der Waals surface area contributed by atoms with E-state index in [2.05, 4.69) is 38.8 Å². The fraction of sp³-hybridized carbons (Fsp3) is 0. The summed E-state index contributed by atoms with van der Waals surface area (Å²) in [5.41, 5.74) is 0.564. The summed E-state index contributed by atoms with van der Waals surface area (Å²) in [4.78, 5) is 23.2. The molecule has 1 aliphatic rings. The van der Waals surface area contributed by atoms with Crippen LogP contribution in [0.3, 0.4) is 0 Å². The second-order valence-electron chi connectivity index (χ2n) is 3.51. The van der Waals surface area contributed by atoms with Gasteiger partial charge in [0.05, 0.1) is 4.47 Å². The van der Waals surface area contributed by atoms with Gasteiger partial charge in [-0.05, 0) is 51.9 Å². The Balaban J connectivity index is 2.37. The molecule has 1 saturated heterocycles. The summed E-state index contributed by atoms with van der Waals surface area (Å²) in [6.45, 7) is 0. The summed E-state index contributed by atoms with van der Waals surface area (Å²) in [6, 6.07) is 4.64. The minimum absolute atomic E-state index is 0.00552. The van der Waals surface area contributed by atoms with Crippen molar-refractivity contribution in [3.05, 3.63) is 33.8 Å². The normalized spacial score (nSPS) is 15.2. The van der Waals surface area contributed by atoms with Crippen LogP contribution in [0.15, 0.2) is 28.2 Å². The molecule has 0 spiro atoms. The summed E-state index contributed by atoms with van der Waals surface area (Å²) in [5, 5.41) is 14.0. The lowest BCUT2D eigenvalue weighted by molar-refractivity contribution is -0.123. The van der Waals surface area contributed by atoms with Crippen LogP contribution >= 0.6 is 28.1 Å². The number of aromatic hydroxyl groups is 1. The maximum Gasteiger partial charge on any atom is 0.263 e. The third-order valence-electron chi connectivity index (χ3n) is 2.23. The predicted octanol–water partition coefficient (Wildman–Crippen LogP) is 1.07. The molecule has 1 fully saturated rings. The molecule has 5 nitrogen and oxygen atoms in total. The van der Waals surface area contributed by atoms with Crippen LogP contribution in [0.25, 0.3) is 6.08 Å². The van der Waals surface area contributed by atoms with Crippen LogP contribution in [0, 0.1) is 0 Å². The summed E-state index contributed by atoms with van der Waals surface area (Å²) in [7, 11) is 0. The van der Waals surface area contributed by atoms with Crippen LogP contribution in [-0.4, -0.2) is 22.0 Å². The van der Waals surface area contributed by atoms with Crippen molar-refractivity contribution in [3.8, 4) is 5.75 Å². The molecular formula is C11H7BrN2O3S. The monoisotopic (exact) mass is 326 g/mol. The Labute approximate surface area is 116 Å². The lowest BCUT2D eigenvalue weighted by Crippen LogP contribution is -2.51. The molecule has 0 atom stereocenters. The fourth-order valence-corrected chi connectivity index (χ4v) is 1.97. The zero-order chi connectivity index (χ0) is 13.3. The number of amides is 2. The molecule has 0 unspecified atom stereocenters. The van der Waals surface area contributed by atoms with Crippen LogP contribution in [0.5, 0.6) is 5.75 Å². The molecule has 0 aromatic heterocycles. The van der Waals surface area contributed by atoms with Gasteiger partial charge in [-0.2, -0.15) is 0 Å². The third-order valence-corrected chi connectivity index (χ3v) is 3.07. The van der Waals surface area contributed by atoms with E-state index in [9.17, 15) is 14.7 Å². The number of halogens is 1. The first-order valence-corrected chi connectivity index (χ1v) is 6.04. The molecule has 2 amide bonds. The van der Waals surface area contributed by atoms with Gasteiger partial charge in [0.1, 0.15) is 11.3 Å². The highest BCUT2D eigenvalue weighted by atomic mass is 79.9. The second kappa shape index (κ2) is 4.87. The first kappa shape index (κ1) is 12.7. The van der Waals surface area contributed by atoms with Gasteiger partial charge in [0.25, 0.3) is 11.8 Å². The number of hydrogen-bond donors (Lipinski definition) is 3. The van der Waals surface area contributed by atoms with Crippen molar-refractivity contribution in [2.75, 3.05) is 0 Å². The van der Waals surface area contributed by atoms with Crippen molar-refractivity contribution in [1.29, 1.82) is 0 Å². The average molecular weight is 327 g/mol. The van der Waals surface area contributed by atoms with E-state index in [1.54, 1.807) is 12.1 Å².